The number of piperidine rings is 1. The second kappa shape index (κ2) is 10.2. The van der Waals surface area contributed by atoms with Gasteiger partial charge in [0.25, 0.3) is 17.4 Å². The number of carbonyl (C=O) groups is 2. The quantitative estimate of drug-likeness (QED) is 0.389. The molecule has 0 aliphatic carbocycles. The van der Waals surface area contributed by atoms with Gasteiger partial charge in [0.15, 0.2) is 0 Å². The number of nitrogens with one attached hydrogen (secondary N) is 2. The monoisotopic (exact) mass is 526 g/mol. The number of anilines is 2. The molecule has 0 radical (unpaired) electrons. The molecular formula is C30H27FN4O4. The van der Waals surface area contributed by atoms with Gasteiger partial charge in [0.1, 0.15) is 11.6 Å². The molecule has 198 valence electrons. The SMILES string of the molecule is O=C(NCc1ccco1)c1ccc(N2CC3CC(C2)c2cccc(=O)n2C3)c(NC(=O)c2ccc(F)cc2)c1. The van der Waals surface area contributed by atoms with E-state index in [1.165, 1.54) is 24.3 Å². The molecule has 0 spiro atoms. The molecule has 2 N–H and O–H groups in total. The van der Waals surface area contributed by atoms with Crippen molar-refractivity contribution in [2.75, 3.05) is 23.3 Å². The molecule has 2 aromatic heterocycles. The van der Waals surface area contributed by atoms with Crippen molar-refractivity contribution in [3.63, 3.8) is 0 Å². The molecule has 8 nitrogen and oxygen atoms in total. The van der Waals surface area contributed by atoms with Crippen LogP contribution in [0.5, 0.6) is 0 Å². The van der Waals surface area contributed by atoms with Crippen LogP contribution in [0.25, 0.3) is 0 Å². The van der Waals surface area contributed by atoms with Crippen molar-refractivity contribution in [2.45, 2.75) is 25.4 Å². The van der Waals surface area contributed by atoms with Gasteiger partial charge < -0.3 is 24.5 Å². The Hall–Kier alpha value is -4.66. The summed E-state index contributed by atoms with van der Waals surface area (Å²) in [5.74, 6) is -0.0695. The first-order valence-corrected chi connectivity index (χ1v) is 12.9. The van der Waals surface area contributed by atoms with Gasteiger partial charge >= 0.3 is 0 Å². The maximum atomic E-state index is 13.4. The van der Waals surface area contributed by atoms with E-state index in [2.05, 4.69) is 15.5 Å². The Balaban J connectivity index is 1.30. The van der Waals surface area contributed by atoms with E-state index in [0.717, 1.165) is 17.8 Å². The van der Waals surface area contributed by atoms with E-state index in [1.807, 2.05) is 16.7 Å². The Labute approximate surface area is 224 Å². The first kappa shape index (κ1) is 24.7. The number of halogens is 1. The van der Waals surface area contributed by atoms with Gasteiger partial charge in [-0.2, -0.15) is 0 Å². The first-order chi connectivity index (χ1) is 18.9. The minimum Gasteiger partial charge on any atom is -0.467 e. The summed E-state index contributed by atoms with van der Waals surface area (Å²) in [6.45, 7) is 2.26. The zero-order chi connectivity index (χ0) is 26.9. The molecule has 1 fully saturated rings. The minimum absolute atomic E-state index is 0.0211. The predicted octanol–water partition coefficient (Wildman–Crippen LogP) is 4.39. The van der Waals surface area contributed by atoms with Crippen LogP contribution in [-0.4, -0.2) is 29.5 Å². The van der Waals surface area contributed by atoms with Crippen molar-refractivity contribution in [2.24, 2.45) is 5.92 Å². The van der Waals surface area contributed by atoms with E-state index >= 15 is 0 Å². The van der Waals surface area contributed by atoms with E-state index in [-0.39, 0.29) is 29.8 Å². The summed E-state index contributed by atoms with van der Waals surface area (Å²) >= 11 is 0. The molecule has 2 bridgehead atoms. The largest absolute Gasteiger partial charge is 0.467 e. The third-order valence-corrected chi connectivity index (χ3v) is 7.44. The highest BCUT2D eigenvalue weighted by Crippen LogP contribution is 2.39. The highest BCUT2D eigenvalue weighted by Gasteiger charge is 2.35. The van der Waals surface area contributed by atoms with Crippen LogP contribution >= 0.6 is 0 Å². The Bertz CT molecular complexity index is 1580. The van der Waals surface area contributed by atoms with Crippen LogP contribution < -0.4 is 21.1 Å². The van der Waals surface area contributed by atoms with Crippen LogP contribution in [0.15, 0.2) is 88.3 Å². The van der Waals surface area contributed by atoms with Crippen LogP contribution in [-0.2, 0) is 13.1 Å². The topological polar surface area (TPSA) is 96.6 Å². The van der Waals surface area contributed by atoms with E-state index in [1.54, 1.807) is 42.7 Å². The molecule has 4 heterocycles. The number of rotatable bonds is 6. The lowest BCUT2D eigenvalue weighted by Gasteiger charge is -2.44. The second-order valence-corrected chi connectivity index (χ2v) is 10.1. The lowest BCUT2D eigenvalue weighted by atomic mass is 9.83. The summed E-state index contributed by atoms with van der Waals surface area (Å²) in [5.41, 5.74) is 3.00. The molecule has 39 heavy (non-hydrogen) atoms. The van der Waals surface area contributed by atoms with E-state index < -0.39 is 11.7 Å². The smallest absolute Gasteiger partial charge is 0.255 e. The number of pyridine rings is 1. The predicted molar refractivity (Wildman–Crippen MR) is 144 cm³/mol. The van der Waals surface area contributed by atoms with Gasteiger partial charge in [-0.15, -0.1) is 0 Å². The zero-order valence-electron chi connectivity index (χ0n) is 21.1. The second-order valence-electron chi connectivity index (χ2n) is 10.1. The molecule has 9 heteroatoms. The molecular weight excluding hydrogens is 499 g/mol. The molecule has 0 saturated carbocycles. The van der Waals surface area contributed by atoms with Gasteiger partial charge in [0.2, 0.25) is 0 Å². The van der Waals surface area contributed by atoms with Gasteiger partial charge in [-0.25, -0.2) is 4.39 Å². The standard InChI is InChI=1S/C30H27FN4O4/c31-23-9-6-20(7-10-23)30(38)33-25-14-21(29(37)32-15-24-3-2-12-39-24)8-11-27(25)34-16-19-13-22(18-34)26-4-1-5-28(36)35(26)17-19/h1-12,14,19,22H,13,15-18H2,(H,32,37)(H,33,38). The molecule has 2 aliphatic rings. The average Bonchev–Trinajstić information content (AvgIpc) is 3.46. The van der Waals surface area contributed by atoms with Gasteiger partial charge in [-0.1, -0.05) is 6.07 Å². The molecule has 2 unspecified atom stereocenters. The van der Waals surface area contributed by atoms with Crippen molar-refractivity contribution in [3.05, 3.63) is 118 Å². The number of amides is 2. The maximum absolute atomic E-state index is 13.4. The third kappa shape index (κ3) is 5.07. The maximum Gasteiger partial charge on any atom is 0.255 e. The fourth-order valence-electron chi connectivity index (χ4n) is 5.62. The number of furan rings is 1. The molecule has 4 aromatic rings. The first-order valence-electron chi connectivity index (χ1n) is 12.9. The summed E-state index contributed by atoms with van der Waals surface area (Å²) in [5, 5.41) is 5.78. The van der Waals surface area contributed by atoms with E-state index in [9.17, 15) is 18.8 Å². The molecule has 2 amide bonds. The Morgan fingerprint density at radius 2 is 1.74 bits per heavy atom. The van der Waals surface area contributed by atoms with Crippen LogP contribution in [0.3, 0.4) is 0 Å². The molecule has 2 aromatic carbocycles. The van der Waals surface area contributed by atoms with Crippen LogP contribution in [0.4, 0.5) is 15.8 Å². The summed E-state index contributed by atoms with van der Waals surface area (Å²) in [7, 11) is 0. The van der Waals surface area contributed by atoms with E-state index in [4.69, 9.17) is 4.42 Å². The molecule has 1 saturated heterocycles. The van der Waals surface area contributed by atoms with Crippen LogP contribution in [0.1, 0.15) is 44.5 Å². The van der Waals surface area contributed by atoms with Crippen molar-refractivity contribution < 1.29 is 18.4 Å². The Kier molecular flexibility index (Phi) is 6.48. The number of hydrogen-bond donors (Lipinski definition) is 2. The molecule has 6 rings (SSSR count). The highest BCUT2D eigenvalue weighted by atomic mass is 19.1. The third-order valence-electron chi connectivity index (χ3n) is 7.44. The fraction of sp³-hybridized carbons (Fsp3) is 0.233. The fourth-order valence-corrected chi connectivity index (χ4v) is 5.62. The number of fused-ring (bicyclic) bond motifs is 4. The Morgan fingerprint density at radius 1 is 0.923 bits per heavy atom. The average molecular weight is 527 g/mol. The van der Waals surface area contributed by atoms with Gasteiger partial charge in [0.05, 0.1) is 24.2 Å². The molecule has 2 aliphatic heterocycles. The number of carbonyl (C=O) groups excluding carboxylic acids is 2. The van der Waals surface area contributed by atoms with Gasteiger partial charge in [-0.05, 0) is 73.0 Å². The van der Waals surface area contributed by atoms with Crippen molar-refractivity contribution in [1.29, 1.82) is 0 Å². The lowest BCUT2D eigenvalue weighted by molar-refractivity contribution is 0.0946. The summed E-state index contributed by atoms with van der Waals surface area (Å²) < 4.78 is 20.6. The molecule has 2 atom stereocenters. The van der Waals surface area contributed by atoms with Gasteiger partial charge in [0, 0.05) is 48.4 Å². The Morgan fingerprint density at radius 3 is 2.54 bits per heavy atom. The van der Waals surface area contributed by atoms with Crippen LogP contribution in [0.2, 0.25) is 0 Å². The number of benzene rings is 2. The number of nitrogens with zero attached hydrogens (tertiary/aromatic N) is 2. The van der Waals surface area contributed by atoms with Gasteiger partial charge in [-0.3, -0.25) is 14.4 Å². The van der Waals surface area contributed by atoms with Crippen molar-refractivity contribution in [3.8, 4) is 0 Å². The van der Waals surface area contributed by atoms with Crippen molar-refractivity contribution >= 4 is 23.2 Å². The van der Waals surface area contributed by atoms with E-state index in [0.29, 0.717) is 42.2 Å². The summed E-state index contributed by atoms with van der Waals surface area (Å²) in [6, 6.07) is 19.5. The lowest BCUT2D eigenvalue weighted by Crippen LogP contribution is -2.47. The summed E-state index contributed by atoms with van der Waals surface area (Å²) in [6.07, 6.45) is 2.53. The zero-order valence-corrected chi connectivity index (χ0v) is 21.1. The summed E-state index contributed by atoms with van der Waals surface area (Å²) in [4.78, 5) is 40.7. The number of aromatic nitrogens is 1. The normalized spacial score (nSPS) is 17.8. The highest BCUT2D eigenvalue weighted by molar-refractivity contribution is 6.07. The number of hydrogen-bond acceptors (Lipinski definition) is 5. The van der Waals surface area contributed by atoms with Crippen LogP contribution in [0, 0.1) is 11.7 Å². The minimum atomic E-state index is -0.429. The van der Waals surface area contributed by atoms with Crippen molar-refractivity contribution in [1.82, 2.24) is 9.88 Å².